The van der Waals surface area contributed by atoms with Gasteiger partial charge in [0.1, 0.15) is 0 Å². The van der Waals surface area contributed by atoms with Gasteiger partial charge in [0.15, 0.2) is 0 Å². The average Bonchev–Trinajstić information content (AvgIpc) is 2.92. The van der Waals surface area contributed by atoms with E-state index in [9.17, 15) is 4.79 Å². The lowest BCUT2D eigenvalue weighted by Crippen LogP contribution is -2.18. The van der Waals surface area contributed by atoms with Crippen molar-refractivity contribution in [3.8, 4) is 0 Å². The predicted octanol–water partition coefficient (Wildman–Crippen LogP) is 3.65. The van der Waals surface area contributed by atoms with Crippen LogP contribution in [0.25, 0.3) is 0 Å². The van der Waals surface area contributed by atoms with Crippen LogP contribution in [0.2, 0.25) is 0 Å². The van der Waals surface area contributed by atoms with Gasteiger partial charge in [0.2, 0.25) is 0 Å². The molecule has 2 fully saturated rings. The Kier molecular flexibility index (Phi) is 3.51. The second-order valence-corrected chi connectivity index (χ2v) is 6.39. The van der Waals surface area contributed by atoms with Crippen LogP contribution in [-0.2, 0) is 9.53 Å². The first-order valence-electron chi connectivity index (χ1n) is 7.18. The van der Waals surface area contributed by atoms with Crippen molar-refractivity contribution in [2.75, 3.05) is 6.61 Å². The van der Waals surface area contributed by atoms with Crippen molar-refractivity contribution in [3.05, 3.63) is 0 Å². The maximum Gasteiger partial charge on any atom is 0.308 e. The summed E-state index contributed by atoms with van der Waals surface area (Å²) in [7, 11) is 0. The van der Waals surface area contributed by atoms with Crippen LogP contribution in [0.5, 0.6) is 0 Å². The molecule has 2 heteroatoms. The van der Waals surface area contributed by atoms with E-state index in [1.54, 1.807) is 0 Å². The van der Waals surface area contributed by atoms with Crippen LogP contribution in [0.15, 0.2) is 0 Å². The molecule has 0 aliphatic heterocycles. The minimum atomic E-state index is -0.00445. The first kappa shape index (κ1) is 12.9. The lowest BCUT2D eigenvalue weighted by molar-refractivity contribution is -0.148. The molecule has 2 saturated carbocycles. The highest BCUT2D eigenvalue weighted by Crippen LogP contribution is 2.70. The normalized spacial score (nSPS) is 36.8. The van der Waals surface area contributed by atoms with Crippen LogP contribution in [0.1, 0.15) is 53.4 Å². The minimum absolute atomic E-state index is 0.00445. The number of hydrogen-bond donors (Lipinski definition) is 0. The molecule has 98 valence electrons. The number of ether oxygens (including phenoxy) is 1. The van der Waals surface area contributed by atoms with Gasteiger partial charge in [-0.3, -0.25) is 4.79 Å². The summed E-state index contributed by atoms with van der Waals surface area (Å²) < 4.78 is 5.10. The molecular formula is C15H26O2. The van der Waals surface area contributed by atoms with E-state index in [2.05, 4.69) is 13.8 Å². The van der Waals surface area contributed by atoms with Gasteiger partial charge in [-0.2, -0.15) is 0 Å². The van der Waals surface area contributed by atoms with Crippen LogP contribution in [0, 0.1) is 29.1 Å². The molecular weight excluding hydrogens is 212 g/mol. The van der Waals surface area contributed by atoms with Crippen molar-refractivity contribution in [3.63, 3.8) is 0 Å². The van der Waals surface area contributed by atoms with Crippen molar-refractivity contribution < 1.29 is 9.53 Å². The first-order valence-corrected chi connectivity index (χ1v) is 7.18. The summed E-state index contributed by atoms with van der Waals surface area (Å²) in [6, 6.07) is 0. The average molecular weight is 238 g/mol. The SMILES string of the molecule is CCOC(=O)C(C)CC1CCC2(C(C)C)CC12. The topological polar surface area (TPSA) is 26.3 Å². The number of fused-ring (bicyclic) bond motifs is 1. The Morgan fingerprint density at radius 3 is 2.59 bits per heavy atom. The Bertz CT molecular complexity index is 297. The van der Waals surface area contributed by atoms with E-state index in [0.717, 1.165) is 24.2 Å². The Morgan fingerprint density at radius 1 is 1.41 bits per heavy atom. The van der Waals surface area contributed by atoms with E-state index < -0.39 is 0 Å². The second-order valence-electron chi connectivity index (χ2n) is 6.39. The monoisotopic (exact) mass is 238 g/mol. The van der Waals surface area contributed by atoms with E-state index in [4.69, 9.17) is 4.74 Å². The number of carbonyl (C=O) groups is 1. The minimum Gasteiger partial charge on any atom is -0.466 e. The maximum absolute atomic E-state index is 11.6. The van der Waals surface area contributed by atoms with Gasteiger partial charge in [0, 0.05) is 0 Å². The van der Waals surface area contributed by atoms with Crippen LogP contribution in [-0.4, -0.2) is 12.6 Å². The van der Waals surface area contributed by atoms with E-state index in [-0.39, 0.29) is 11.9 Å². The zero-order valence-electron chi connectivity index (χ0n) is 11.7. The molecule has 0 aromatic heterocycles. The molecule has 2 aliphatic carbocycles. The molecule has 4 unspecified atom stereocenters. The molecule has 0 heterocycles. The first-order chi connectivity index (χ1) is 8.01. The Labute approximate surface area is 105 Å². The predicted molar refractivity (Wildman–Crippen MR) is 68.5 cm³/mol. The quantitative estimate of drug-likeness (QED) is 0.683. The molecule has 2 aliphatic rings. The number of hydrogen-bond acceptors (Lipinski definition) is 2. The summed E-state index contributed by atoms with van der Waals surface area (Å²) in [4.78, 5) is 11.6. The van der Waals surface area contributed by atoms with Gasteiger partial charge in [-0.25, -0.2) is 0 Å². The Hall–Kier alpha value is -0.530. The standard InChI is InChI=1S/C15H26O2/c1-5-17-14(16)11(4)8-12-6-7-15(10(2)3)9-13(12)15/h10-13H,5-9H2,1-4H3. The highest BCUT2D eigenvalue weighted by Gasteiger charge is 2.62. The highest BCUT2D eigenvalue weighted by atomic mass is 16.5. The third-order valence-corrected chi connectivity index (χ3v) is 5.22. The van der Waals surface area contributed by atoms with Crippen molar-refractivity contribution in [1.29, 1.82) is 0 Å². The molecule has 0 aromatic carbocycles. The fraction of sp³-hybridized carbons (Fsp3) is 0.933. The Morgan fingerprint density at radius 2 is 2.12 bits per heavy atom. The molecule has 0 spiro atoms. The van der Waals surface area contributed by atoms with Crippen LogP contribution < -0.4 is 0 Å². The maximum atomic E-state index is 11.6. The molecule has 0 amide bonds. The van der Waals surface area contributed by atoms with E-state index in [1.165, 1.54) is 19.3 Å². The van der Waals surface area contributed by atoms with Crippen LogP contribution in [0.4, 0.5) is 0 Å². The summed E-state index contributed by atoms with van der Waals surface area (Å²) in [5.41, 5.74) is 0.652. The molecule has 0 radical (unpaired) electrons. The second kappa shape index (κ2) is 4.62. The van der Waals surface area contributed by atoms with Gasteiger partial charge in [0.05, 0.1) is 12.5 Å². The van der Waals surface area contributed by atoms with Crippen LogP contribution >= 0.6 is 0 Å². The molecule has 0 saturated heterocycles. The van der Waals surface area contributed by atoms with Gasteiger partial charge < -0.3 is 4.74 Å². The summed E-state index contributed by atoms with van der Waals surface area (Å²) >= 11 is 0. The zero-order chi connectivity index (χ0) is 12.6. The molecule has 0 N–H and O–H groups in total. The molecule has 2 rings (SSSR count). The molecule has 2 nitrogen and oxygen atoms in total. The largest absolute Gasteiger partial charge is 0.466 e. The fourth-order valence-corrected chi connectivity index (χ4v) is 4.00. The zero-order valence-corrected chi connectivity index (χ0v) is 11.7. The van der Waals surface area contributed by atoms with Gasteiger partial charge in [0.25, 0.3) is 0 Å². The fourth-order valence-electron chi connectivity index (χ4n) is 4.00. The molecule has 0 bridgehead atoms. The highest BCUT2D eigenvalue weighted by molar-refractivity contribution is 5.71. The molecule has 4 atom stereocenters. The van der Waals surface area contributed by atoms with Crippen molar-refractivity contribution in [1.82, 2.24) is 0 Å². The summed E-state index contributed by atoms with van der Waals surface area (Å²) in [6.07, 6.45) is 5.16. The van der Waals surface area contributed by atoms with Gasteiger partial charge in [-0.1, -0.05) is 20.8 Å². The van der Waals surface area contributed by atoms with Crippen molar-refractivity contribution in [2.45, 2.75) is 53.4 Å². The van der Waals surface area contributed by atoms with Gasteiger partial charge in [-0.05, 0) is 55.8 Å². The third kappa shape index (κ3) is 2.23. The van der Waals surface area contributed by atoms with Crippen molar-refractivity contribution >= 4 is 5.97 Å². The lowest BCUT2D eigenvalue weighted by Gasteiger charge is -2.16. The lowest BCUT2D eigenvalue weighted by atomic mass is 9.89. The van der Waals surface area contributed by atoms with Gasteiger partial charge >= 0.3 is 5.97 Å². The molecule has 0 aromatic rings. The van der Waals surface area contributed by atoms with Gasteiger partial charge in [-0.15, -0.1) is 0 Å². The van der Waals surface area contributed by atoms with E-state index in [1.807, 2.05) is 13.8 Å². The van der Waals surface area contributed by atoms with Crippen molar-refractivity contribution in [2.24, 2.45) is 29.1 Å². The summed E-state index contributed by atoms with van der Waals surface area (Å²) in [5.74, 6) is 2.57. The number of esters is 1. The summed E-state index contributed by atoms with van der Waals surface area (Å²) in [5, 5.41) is 0. The number of carbonyl (C=O) groups excluding carboxylic acids is 1. The third-order valence-electron chi connectivity index (χ3n) is 5.22. The van der Waals surface area contributed by atoms with Crippen LogP contribution in [0.3, 0.4) is 0 Å². The smallest absolute Gasteiger partial charge is 0.308 e. The Balaban J connectivity index is 1.85. The summed E-state index contributed by atoms with van der Waals surface area (Å²) in [6.45, 7) is 9.13. The van der Waals surface area contributed by atoms with E-state index in [0.29, 0.717) is 12.0 Å². The van der Waals surface area contributed by atoms with E-state index >= 15 is 0 Å². The number of rotatable bonds is 5. The molecule has 17 heavy (non-hydrogen) atoms.